The summed E-state index contributed by atoms with van der Waals surface area (Å²) >= 11 is 0. The maximum Gasteiger partial charge on any atom is 0.241 e. The molecule has 118 valence electrons. The van der Waals surface area contributed by atoms with Gasteiger partial charge in [0.15, 0.2) is 0 Å². The van der Waals surface area contributed by atoms with E-state index in [0.717, 1.165) is 30.9 Å². The molecule has 0 radical (unpaired) electrons. The predicted molar refractivity (Wildman–Crippen MR) is 84.0 cm³/mol. The highest BCUT2D eigenvalue weighted by atomic mass is 16.2. The third-order valence-electron chi connectivity index (χ3n) is 4.01. The summed E-state index contributed by atoms with van der Waals surface area (Å²) in [6.07, 6.45) is 3.58. The fourth-order valence-corrected chi connectivity index (χ4v) is 2.37. The standard InChI is InChI=1S/C16H28N4O/c1-11(2)7-8-17-16(21)10-20-13(4)15(12(3)19-20)9-18-14-5-6-14/h11,14,18H,5-10H2,1-4H3,(H,17,21). The van der Waals surface area contributed by atoms with Crippen LogP contribution in [0.5, 0.6) is 0 Å². The molecule has 1 saturated carbocycles. The number of aryl methyl sites for hydroxylation is 1. The van der Waals surface area contributed by atoms with Gasteiger partial charge in [0.05, 0.1) is 5.69 Å². The van der Waals surface area contributed by atoms with Crippen LogP contribution in [0.2, 0.25) is 0 Å². The van der Waals surface area contributed by atoms with E-state index < -0.39 is 0 Å². The number of carbonyl (C=O) groups excluding carboxylic acids is 1. The fourth-order valence-electron chi connectivity index (χ4n) is 2.37. The van der Waals surface area contributed by atoms with Gasteiger partial charge in [-0.3, -0.25) is 9.48 Å². The lowest BCUT2D eigenvalue weighted by Gasteiger charge is -2.09. The van der Waals surface area contributed by atoms with Crippen LogP contribution in [-0.4, -0.2) is 28.3 Å². The van der Waals surface area contributed by atoms with Crippen molar-refractivity contribution in [3.8, 4) is 0 Å². The van der Waals surface area contributed by atoms with Crippen molar-refractivity contribution in [1.82, 2.24) is 20.4 Å². The Morgan fingerprint density at radius 1 is 1.38 bits per heavy atom. The number of rotatable bonds is 8. The number of nitrogens with one attached hydrogen (secondary N) is 2. The second-order valence-electron chi connectivity index (χ2n) is 6.49. The van der Waals surface area contributed by atoms with Gasteiger partial charge in [0.2, 0.25) is 5.91 Å². The van der Waals surface area contributed by atoms with E-state index >= 15 is 0 Å². The van der Waals surface area contributed by atoms with Gasteiger partial charge in [0.1, 0.15) is 6.54 Å². The smallest absolute Gasteiger partial charge is 0.241 e. The Kier molecular flexibility index (Phi) is 5.39. The van der Waals surface area contributed by atoms with Crippen LogP contribution >= 0.6 is 0 Å². The maximum atomic E-state index is 12.0. The number of nitrogens with zero attached hydrogens (tertiary/aromatic N) is 2. The van der Waals surface area contributed by atoms with Gasteiger partial charge in [-0.2, -0.15) is 5.10 Å². The van der Waals surface area contributed by atoms with Gasteiger partial charge in [-0.25, -0.2) is 0 Å². The predicted octanol–water partition coefficient (Wildman–Crippen LogP) is 1.91. The normalized spacial score (nSPS) is 14.7. The summed E-state index contributed by atoms with van der Waals surface area (Å²) in [5.41, 5.74) is 3.35. The molecule has 21 heavy (non-hydrogen) atoms. The van der Waals surface area contributed by atoms with Crippen molar-refractivity contribution in [2.24, 2.45) is 5.92 Å². The average Bonchev–Trinajstić information content (AvgIpc) is 3.17. The van der Waals surface area contributed by atoms with Crippen LogP contribution in [0.15, 0.2) is 0 Å². The van der Waals surface area contributed by atoms with Gasteiger partial charge in [-0.15, -0.1) is 0 Å². The summed E-state index contributed by atoms with van der Waals surface area (Å²) in [5, 5.41) is 11.0. The molecule has 1 aliphatic rings. The van der Waals surface area contributed by atoms with Crippen molar-refractivity contribution in [3.63, 3.8) is 0 Å². The van der Waals surface area contributed by atoms with E-state index in [1.54, 1.807) is 0 Å². The molecule has 2 N–H and O–H groups in total. The molecule has 0 unspecified atom stereocenters. The van der Waals surface area contributed by atoms with E-state index in [-0.39, 0.29) is 5.91 Å². The third-order valence-corrected chi connectivity index (χ3v) is 4.01. The van der Waals surface area contributed by atoms with Crippen molar-refractivity contribution in [3.05, 3.63) is 17.0 Å². The molecule has 0 atom stereocenters. The molecule has 0 saturated heterocycles. The number of aromatic nitrogens is 2. The molecule has 1 fully saturated rings. The topological polar surface area (TPSA) is 59.0 Å². The van der Waals surface area contributed by atoms with E-state index in [9.17, 15) is 4.79 Å². The molecule has 0 aliphatic heterocycles. The Morgan fingerprint density at radius 3 is 2.71 bits per heavy atom. The Balaban J connectivity index is 1.87. The minimum absolute atomic E-state index is 0.0444. The highest BCUT2D eigenvalue weighted by Crippen LogP contribution is 2.21. The Labute approximate surface area is 127 Å². The molecule has 1 aromatic rings. The number of amides is 1. The molecule has 1 aliphatic carbocycles. The minimum Gasteiger partial charge on any atom is -0.354 e. The van der Waals surface area contributed by atoms with Gasteiger partial charge in [-0.05, 0) is 39.0 Å². The maximum absolute atomic E-state index is 12.0. The Morgan fingerprint density at radius 2 is 2.10 bits per heavy atom. The first-order valence-corrected chi connectivity index (χ1v) is 8.00. The average molecular weight is 292 g/mol. The zero-order valence-electron chi connectivity index (χ0n) is 13.7. The number of hydrogen-bond acceptors (Lipinski definition) is 3. The van der Waals surface area contributed by atoms with Crippen LogP contribution in [-0.2, 0) is 17.9 Å². The van der Waals surface area contributed by atoms with E-state index in [1.807, 2.05) is 18.5 Å². The molecule has 1 heterocycles. The summed E-state index contributed by atoms with van der Waals surface area (Å²) in [6.45, 7) is 10.3. The van der Waals surface area contributed by atoms with E-state index in [2.05, 4.69) is 29.6 Å². The summed E-state index contributed by atoms with van der Waals surface area (Å²) in [7, 11) is 0. The van der Waals surface area contributed by atoms with Gasteiger partial charge in [0, 0.05) is 30.4 Å². The fraction of sp³-hybridized carbons (Fsp3) is 0.750. The van der Waals surface area contributed by atoms with Crippen LogP contribution in [0.25, 0.3) is 0 Å². The minimum atomic E-state index is 0.0444. The summed E-state index contributed by atoms with van der Waals surface area (Å²) in [6, 6.07) is 0.687. The Hall–Kier alpha value is -1.36. The molecule has 0 aromatic carbocycles. The SMILES string of the molecule is Cc1nn(CC(=O)NCCC(C)C)c(C)c1CNC1CC1. The van der Waals surface area contributed by atoms with Crippen molar-refractivity contribution in [2.75, 3.05) is 6.54 Å². The lowest BCUT2D eigenvalue weighted by molar-refractivity contribution is -0.121. The summed E-state index contributed by atoms with van der Waals surface area (Å²) in [5.74, 6) is 0.655. The first-order valence-electron chi connectivity index (χ1n) is 8.00. The largest absolute Gasteiger partial charge is 0.354 e. The van der Waals surface area contributed by atoms with Gasteiger partial charge in [-0.1, -0.05) is 13.8 Å². The number of hydrogen-bond donors (Lipinski definition) is 2. The van der Waals surface area contributed by atoms with Crippen LogP contribution < -0.4 is 10.6 Å². The second-order valence-corrected chi connectivity index (χ2v) is 6.49. The zero-order valence-corrected chi connectivity index (χ0v) is 13.7. The van der Waals surface area contributed by atoms with Gasteiger partial charge < -0.3 is 10.6 Å². The first kappa shape index (κ1) is 16.0. The quantitative estimate of drug-likeness (QED) is 0.769. The highest BCUT2D eigenvalue weighted by Gasteiger charge is 2.22. The lowest BCUT2D eigenvalue weighted by Crippen LogP contribution is -2.29. The lowest BCUT2D eigenvalue weighted by atomic mass is 10.1. The van der Waals surface area contributed by atoms with Crippen LogP contribution in [0.4, 0.5) is 0 Å². The van der Waals surface area contributed by atoms with Crippen LogP contribution in [0.1, 0.15) is 50.1 Å². The molecule has 1 amide bonds. The monoisotopic (exact) mass is 292 g/mol. The molecular weight excluding hydrogens is 264 g/mol. The van der Waals surface area contributed by atoms with Crippen molar-refractivity contribution < 1.29 is 4.79 Å². The molecular formula is C16H28N4O. The van der Waals surface area contributed by atoms with Crippen molar-refractivity contribution in [2.45, 2.75) is 66.1 Å². The van der Waals surface area contributed by atoms with Crippen molar-refractivity contribution in [1.29, 1.82) is 0 Å². The number of carbonyl (C=O) groups is 1. The third kappa shape index (κ3) is 4.84. The molecule has 1 aromatic heterocycles. The summed E-state index contributed by atoms with van der Waals surface area (Å²) in [4.78, 5) is 12.0. The van der Waals surface area contributed by atoms with Crippen LogP contribution in [0, 0.1) is 19.8 Å². The molecule has 0 bridgehead atoms. The van der Waals surface area contributed by atoms with E-state index in [4.69, 9.17) is 0 Å². The molecule has 5 heteroatoms. The van der Waals surface area contributed by atoms with Crippen molar-refractivity contribution >= 4 is 5.91 Å². The molecule has 5 nitrogen and oxygen atoms in total. The second kappa shape index (κ2) is 7.07. The van der Waals surface area contributed by atoms with Gasteiger partial charge in [0.25, 0.3) is 0 Å². The van der Waals surface area contributed by atoms with Crippen LogP contribution in [0.3, 0.4) is 0 Å². The molecule has 2 rings (SSSR count). The Bertz CT molecular complexity index is 489. The van der Waals surface area contributed by atoms with E-state index in [1.165, 1.54) is 18.4 Å². The zero-order chi connectivity index (χ0) is 15.4. The molecule has 0 spiro atoms. The first-order chi connectivity index (χ1) is 9.97. The van der Waals surface area contributed by atoms with E-state index in [0.29, 0.717) is 18.5 Å². The van der Waals surface area contributed by atoms with Gasteiger partial charge >= 0.3 is 0 Å². The highest BCUT2D eigenvalue weighted by molar-refractivity contribution is 5.75. The summed E-state index contributed by atoms with van der Waals surface area (Å²) < 4.78 is 1.82.